The summed E-state index contributed by atoms with van der Waals surface area (Å²) in [5.74, 6) is -0.173. The molecular formula is C30H31FN2O3S2. The Morgan fingerprint density at radius 3 is 2.61 bits per heavy atom. The van der Waals surface area contributed by atoms with Gasteiger partial charge in [0.1, 0.15) is 4.83 Å². The standard InChI is InChI=1S/C30H31FN2O3S2/c1-17-6-10-20(11-7-17)33-28(35)26-21-12-9-19(30(2,3)4)15-25(21)38-27(26)32-29(33)37-16-23(34)18-8-13-24(36-5)22(31)14-18/h6-8,10-11,13-14,19H,9,12,15-16H2,1-5H3. The molecule has 1 aliphatic rings. The lowest BCUT2D eigenvalue weighted by molar-refractivity contribution is 0.102. The van der Waals surface area contributed by atoms with E-state index in [2.05, 4.69) is 20.8 Å². The fraction of sp³-hybridized carbons (Fsp3) is 0.367. The number of carbonyl (C=O) groups excluding carboxylic acids is 1. The van der Waals surface area contributed by atoms with Gasteiger partial charge in [-0.2, -0.15) is 0 Å². The number of benzene rings is 2. The number of hydrogen-bond acceptors (Lipinski definition) is 6. The van der Waals surface area contributed by atoms with Crippen LogP contribution in [0.15, 0.2) is 52.4 Å². The molecule has 0 aliphatic heterocycles. The normalized spacial score (nSPS) is 15.5. The van der Waals surface area contributed by atoms with Crippen LogP contribution in [0.1, 0.15) is 53.6 Å². The maximum atomic E-state index is 14.2. The van der Waals surface area contributed by atoms with Gasteiger partial charge in [0.05, 0.1) is 23.9 Å². The van der Waals surface area contributed by atoms with Crippen LogP contribution in [0, 0.1) is 24.1 Å². The molecule has 2 heterocycles. The number of halogens is 1. The molecule has 38 heavy (non-hydrogen) atoms. The highest BCUT2D eigenvalue weighted by Crippen LogP contribution is 2.42. The molecule has 8 heteroatoms. The number of thiophene rings is 1. The second-order valence-electron chi connectivity index (χ2n) is 10.9. The van der Waals surface area contributed by atoms with Gasteiger partial charge in [-0.3, -0.25) is 14.2 Å². The molecule has 4 aromatic rings. The van der Waals surface area contributed by atoms with Gasteiger partial charge in [0.25, 0.3) is 5.56 Å². The number of aromatic nitrogens is 2. The number of aryl methyl sites for hydroxylation is 2. The molecule has 0 radical (unpaired) electrons. The molecule has 0 spiro atoms. The van der Waals surface area contributed by atoms with Crippen molar-refractivity contribution in [1.29, 1.82) is 0 Å². The molecule has 2 aromatic carbocycles. The van der Waals surface area contributed by atoms with Gasteiger partial charge in [-0.25, -0.2) is 9.37 Å². The summed E-state index contributed by atoms with van der Waals surface area (Å²) in [7, 11) is 1.38. The third-order valence-corrected chi connectivity index (χ3v) is 9.46. The minimum absolute atomic E-state index is 0.0206. The largest absolute Gasteiger partial charge is 0.494 e. The molecule has 0 saturated carbocycles. The molecule has 0 fully saturated rings. The zero-order valence-corrected chi connectivity index (χ0v) is 23.9. The Balaban J connectivity index is 1.56. The van der Waals surface area contributed by atoms with Crippen molar-refractivity contribution < 1.29 is 13.9 Å². The molecule has 0 bridgehead atoms. The fourth-order valence-corrected chi connectivity index (χ4v) is 7.26. The summed E-state index contributed by atoms with van der Waals surface area (Å²) < 4.78 is 20.8. The van der Waals surface area contributed by atoms with Crippen molar-refractivity contribution in [3.05, 3.63) is 80.2 Å². The molecule has 0 saturated heterocycles. The summed E-state index contributed by atoms with van der Waals surface area (Å²) in [6, 6.07) is 11.9. The van der Waals surface area contributed by atoms with E-state index >= 15 is 0 Å². The van der Waals surface area contributed by atoms with Gasteiger partial charge in [0.15, 0.2) is 22.5 Å². The smallest absolute Gasteiger partial charge is 0.267 e. The van der Waals surface area contributed by atoms with E-state index in [0.29, 0.717) is 22.1 Å². The Morgan fingerprint density at radius 1 is 1.21 bits per heavy atom. The summed E-state index contributed by atoms with van der Waals surface area (Å²) in [6.07, 6.45) is 2.87. The Labute approximate surface area is 230 Å². The summed E-state index contributed by atoms with van der Waals surface area (Å²) in [6.45, 7) is 8.83. The summed E-state index contributed by atoms with van der Waals surface area (Å²) in [5, 5.41) is 1.16. The molecule has 1 atom stereocenters. The highest BCUT2D eigenvalue weighted by molar-refractivity contribution is 7.99. The van der Waals surface area contributed by atoms with Crippen LogP contribution in [0.25, 0.3) is 15.9 Å². The Hall–Kier alpha value is -2.97. The monoisotopic (exact) mass is 550 g/mol. The van der Waals surface area contributed by atoms with Crippen molar-refractivity contribution in [3.63, 3.8) is 0 Å². The molecule has 5 rings (SSSR count). The highest BCUT2D eigenvalue weighted by Gasteiger charge is 2.32. The first-order chi connectivity index (χ1) is 18.1. The van der Waals surface area contributed by atoms with Gasteiger partial charge in [-0.1, -0.05) is 50.2 Å². The molecule has 1 unspecified atom stereocenters. The van der Waals surface area contributed by atoms with Gasteiger partial charge >= 0.3 is 0 Å². The Bertz CT molecular complexity index is 1580. The van der Waals surface area contributed by atoms with E-state index in [0.717, 1.165) is 35.2 Å². The number of rotatable bonds is 6. The van der Waals surface area contributed by atoms with E-state index in [4.69, 9.17) is 9.72 Å². The Morgan fingerprint density at radius 2 is 1.95 bits per heavy atom. The van der Waals surface area contributed by atoms with E-state index in [1.54, 1.807) is 22.0 Å². The molecule has 5 nitrogen and oxygen atoms in total. The number of fused-ring (bicyclic) bond motifs is 3. The topological polar surface area (TPSA) is 61.2 Å². The van der Waals surface area contributed by atoms with Crippen molar-refractivity contribution in [3.8, 4) is 11.4 Å². The molecule has 0 N–H and O–H groups in total. The zero-order chi connectivity index (χ0) is 27.2. The number of ketones is 1. The van der Waals surface area contributed by atoms with E-state index < -0.39 is 5.82 Å². The second-order valence-corrected chi connectivity index (χ2v) is 12.9. The highest BCUT2D eigenvalue weighted by atomic mass is 32.2. The molecular weight excluding hydrogens is 519 g/mol. The van der Waals surface area contributed by atoms with Crippen LogP contribution in [-0.2, 0) is 12.8 Å². The number of methoxy groups -OCH3 is 1. The molecule has 1 aliphatic carbocycles. The number of ether oxygens (including phenoxy) is 1. The van der Waals surface area contributed by atoms with Gasteiger partial charge in [0, 0.05) is 10.4 Å². The van der Waals surface area contributed by atoms with Crippen LogP contribution >= 0.6 is 23.1 Å². The lowest BCUT2D eigenvalue weighted by atomic mass is 9.72. The average Bonchev–Trinajstić information content (AvgIpc) is 3.25. The van der Waals surface area contributed by atoms with Crippen molar-refractivity contribution in [1.82, 2.24) is 9.55 Å². The van der Waals surface area contributed by atoms with Crippen molar-refractivity contribution in [2.24, 2.45) is 11.3 Å². The number of thioether (sulfide) groups is 1. The second kappa shape index (κ2) is 10.3. The van der Waals surface area contributed by atoms with Crippen LogP contribution in [0.4, 0.5) is 4.39 Å². The maximum Gasteiger partial charge on any atom is 0.267 e. The summed E-state index contributed by atoms with van der Waals surface area (Å²) >= 11 is 2.80. The van der Waals surface area contributed by atoms with E-state index in [1.807, 2.05) is 31.2 Å². The zero-order valence-electron chi connectivity index (χ0n) is 22.3. The number of nitrogens with zero attached hydrogens (tertiary/aromatic N) is 2. The van der Waals surface area contributed by atoms with Crippen LogP contribution in [0.2, 0.25) is 0 Å². The van der Waals surface area contributed by atoms with Crippen LogP contribution in [0.3, 0.4) is 0 Å². The van der Waals surface area contributed by atoms with E-state index in [-0.39, 0.29) is 33.8 Å². The number of carbonyl (C=O) groups is 1. The van der Waals surface area contributed by atoms with E-state index in [9.17, 15) is 14.0 Å². The number of Topliss-reactive ketones (excluding diaryl/α,β-unsaturated/α-hetero) is 1. The predicted octanol–water partition coefficient (Wildman–Crippen LogP) is 7.03. The lowest BCUT2D eigenvalue weighted by Gasteiger charge is -2.33. The molecule has 2 aromatic heterocycles. The first-order valence-electron chi connectivity index (χ1n) is 12.7. The molecule has 198 valence electrons. The van der Waals surface area contributed by atoms with Crippen LogP contribution < -0.4 is 10.3 Å². The quantitative estimate of drug-likeness (QED) is 0.147. The number of hydrogen-bond donors (Lipinski definition) is 0. The lowest BCUT2D eigenvalue weighted by Crippen LogP contribution is -2.27. The summed E-state index contributed by atoms with van der Waals surface area (Å²) in [4.78, 5) is 33.9. The van der Waals surface area contributed by atoms with Crippen molar-refractivity contribution >= 4 is 39.1 Å². The third kappa shape index (κ3) is 5.04. The van der Waals surface area contributed by atoms with E-state index in [1.165, 1.54) is 35.9 Å². The average molecular weight is 551 g/mol. The van der Waals surface area contributed by atoms with Crippen LogP contribution in [0.5, 0.6) is 5.75 Å². The van der Waals surface area contributed by atoms with Gasteiger partial charge in [-0.15, -0.1) is 11.3 Å². The van der Waals surface area contributed by atoms with Gasteiger partial charge in [-0.05, 0) is 73.4 Å². The third-order valence-electron chi connectivity index (χ3n) is 7.38. The van der Waals surface area contributed by atoms with Gasteiger partial charge < -0.3 is 4.74 Å². The SMILES string of the molecule is COc1ccc(C(=O)CSc2nc3sc4c(c3c(=O)n2-c2ccc(C)cc2)CCC(C(C)(C)C)C4)cc1F. The maximum absolute atomic E-state index is 14.2. The Kier molecular flexibility index (Phi) is 7.22. The van der Waals surface area contributed by atoms with Crippen molar-refractivity contribution in [2.75, 3.05) is 12.9 Å². The predicted molar refractivity (Wildman–Crippen MR) is 153 cm³/mol. The molecule has 0 amide bonds. The first-order valence-corrected chi connectivity index (χ1v) is 14.5. The first kappa shape index (κ1) is 26.6. The van der Waals surface area contributed by atoms with Crippen molar-refractivity contribution in [2.45, 2.75) is 52.1 Å². The minimum atomic E-state index is -0.586. The summed E-state index contributed by atoms with van der Waals surface area (Å²) in [5.41, 5.74) is 3.28. The van der Waals surface area contributed by atoms with Gasteiger partial charge in [0.2, 0.25) is 0 Å². The minimum Gasteiger partial charge on any atom is -0.494 e. The van der Waals surface area contributed by atoms with Crippen LogP contribution in [-0.4, -0.2) is 28.2 Å². The fourth-order valence-electron chi connectivity index (χ4n) is 5.02.